The van der Waals surface area contributed by atoms with Gasteiger partial charge in [0.1, 0.15) is 6.04 Å². The second-order valence-corrected chi connectivity index (χ2v) is 5.66. The number of halogens is 1. The Labute approximate surface area is 119 Å². The van der Waals surface area contributed by atoms with Crippen LogP contribution in [0.15, 0.2) is 18.2 Å². The van der Waals surface area contributed by atoms with Gasteiger partial charge in [-0.2, -0.15) is 0 Å². The molecule has 1 aliphatic rings. The molecule has 0 aromatic heterocycles. The number of carboxylic acids is 1. The van der Waals surface area contributed by atoms with Crippen molar-refractivity contribution in [1.29, 1.82) is 0 Å². The van der Waals surface area contributed by atoms with Gasteiger partial charge in [0.05, 0.1) is 0 Å². The standard InChI is InChI=1S/C15H20ClNO2/c1-11-9-13(16)6-5-12(11)10-14(15(18)19)17-7-3-2-4-8-17/h5-6,9,14H,2-4,7-8,10H2,1H3,(H,18,19). The highest BCUT2D eigenvalue weighted by Crippen LogP contribution is 2.20. The van der Waals surface area contributed by atoms with Gasteiger partial charge in [0.15, 0.2) is 0 Å². The van der Waals surface area contributed by atoms with E-state index in [4.69, 9.17) is 11.6 Å². The number of carbonyl (C=O) groups is 1. The fourth-order valence-corrected chi connectivity index (χ4v) is 2.93. The summed E-state index contributed by atoms with van der Waals surface area (Å²) in [4.78, 5) is 13.6. The van der Waals surface area contributed by atoms with Crippen LogP contribution >= 0.6 is 11.6 Å². The van der Waals surface area contributed by atoms with E-state index in [2.05, 4.69) is 4.90 Å². The van der Waals surface area contributed by atoms with Gasteiger partial charge in [-0.25, -0.2) is 0 Å². The molecule has 0 amide bonds. The molecular formula is C15H20ClNO2. The second kappa shape index (κ2) is 6.40. The van der Waals surface area contributed by atoms with Crippen LogP contribution in [0.2, 0.25) is 5.02 Å². The summed E-state index contributed by atoms with van der Waals surface area (Å²) in [5.74, 6) is -0.726. The van der Waals surface area contributed by atoms with Crippen LogP contribution in [0.1, 0.15) is 30.4 Å². The van der Waals surface area contributed by atoms with Crippen molar-refractivity contribution in [2.24, 2.45) is 0 Å². The molecule has 1 aromatic carbocycles. The number of aryl methyl sites for hydroxylation is 1. The summed E-state index contributed by atoms with van der Waals surface area (Å²) in [5.41, 5.74) is 2.14. The van der Waals surface area contributed by atoms with Gasteiger partial charge in [0, 0.05) is 5.02 Å². The number of benzene rings is 1. The van der Waals surface area contributed by atoms with E-state index in [0.717, 1.165) is 37.1 Å². The van der Waals surface area contributed by atoms with Crippen molar-refractivity contribution in [1.82, 2.24) is 4.90 Å². The van der Waals surface area contributed by atoms with Crippen molar-refractivity contribution in [3.05, 3.63) is 34.3 Å². The minimum atomic E-state index is -0.726. The minimum Gasteiger partial charge on any atom is -0.480 e. The summed E-state index contributed by atoms with van der Waals surface area (Å²) in [5, 5.41) is 10.2. The third-order valence-corrected chi connectivity index (χ3v) is 4.07. The molecule has 1 aromatic rings. The highest BCUT2D eigenvalue weighted by molar-refractivity contribution is 6.30. The predicted molar refractivity (Wildman–Crippen MR) is 76.7 cm³/mol. The molecule has 0 saturated carbocycles. The Hall–Kier alpha value is -1.06. The van der Waals surface area contributed by atoms with Crippen LogP contribution < -0.4 is 0 Å². The van der Waals surface area contributed by atoms with Gasteiger partial charge in [-0.15, -0.1) is 0 Å². The molecule has 0 aliphatic carbocycles. The molecule has 0 spiro atoms. The molecule has 1 N–H and O–H groups in total. The summed E-state index contributed by atoms with van der Waals surface area (Å²) in [7, 11) is 0. The molecule has 1 aliphatic heterocycles. The van der Waals surface area contributed by atoms with Crippen molar-refractivity contribution in [3.63, 3.8) is 0 Å². The number of hydrogen-bond donors (Lipinski definition) is 1. The number of carboxylic acid groups (broad SMARTS) is 1. The normalized spacial score (nSPS) is 18.2. The average Bonchev–Trinajstić information content (AvgIpc) is 2.38. The number of aliphatic carboxylic acids is 1. The Morgan fingerprint density at radius 1 is 1.37 bits per heavy atom. The van der Waals surface area contributed by atoms with Gasteiger partial charge in [0.2, 0.25) is 0 Å². The van der Waals surface area contributed by atoms with E-state index < -0.39 is 12.0 Å². The maximum atomic E-state index is 11.5. The highest BCUT2D eigenvalue weighted by Gasteiger charge is 2.27. The van der Waals surface area contributed by atoms with Crippen LogP contribution in [0.3, 0.4) is 0 Å². The fraction of sp³-hybridized carbons (Fsp3) is 0.533. The van der Waals surface area contributed by atoms with Gasteiger partial charge in [0.25, 0.3) is 0 Å². The third-order valence-electron chi connectivity index (χ3n) is 3.83. The van der Waals surface area contributed by atoms with Crippen molar-refractivity contribution >= 4 is 17.6 Å². The first-order chi connectivity index (χ1) is 9.08. The monoisotopic (exact) mass is 281 g/mol. The smallest absolute Gasteiger partial charge is 0.321 e. The Morgan fingerprint density at radius 3 is 2.63 bits per heavy atom. The lowest BCUT2D eigenvalue weighted by Gasteiger charge is -2.32. The molecule has 0 radical (unpaired) electrons. The molecule has 0 bridgehead atoms. The highest BCUT2D eigenvalue weighted by atomic mass is 35.5. The molecule has 4 heteroatoms. The number of hydrogen-bond acceptors (Lipinski definition) is 2. The largest absolute Gasteiger partial charge is 0.480 e. The molecule has 2 rings (SSSR count). The zero-order valence-electron chi connectivity index (χ0n) is 11.2. The second-order valence-electron chi connectivity index (χ2n) is 5.23. The van der Waals surface area contributed by atoms with Gasteiger partial charge >= 0.3 is 5.97 Å². The number of rotatable bonds is 4. The summed E-state index contributed by atoms with van der Waals surface area (Å²) in [6, 6.07) is 5.25. The Morgan fingerprint density at radius 2 is 2.05 bits per heavy atom. The average molecular weight is 282 g/mol. The number of likely N-dealkylation sites (tertiary alicyclic amines) is 1. The number of nitrogens with zero attached hydrogens (tertiary/aromatic N) is 1. The lowest BCUT2D eigenvalue weighted by Crippen LogP contribution is -2.45. The number of piperidine rings is 1. The van der Waals surface area contributed by atoms with E-state index in [-0.39, 0.29) is 0 Å². The zero-order valence-corrected chi connectivity index (χ0v) is 12.0. The van der Waals surface area contributed by atoms with E-state index in [1.54, 1.807) is 0 Å². The van der Waals surface area contributed by atoms with Crippen molar-refractivity contribution in [2.45, 2.75) is 38.6 Å². The summed E-state index contributed by atoms with van der Waals surface area (Å²) in [6.45, 7) is 3.77. The maximum absolute atomic E-state index is 11.5. The van der Waals surface area contributed by atoms with Crippen LogP contribution in [0, 0.1) is 6.92 Å². The summed E-state index contributed by atoms with van der Waals surface area (Å²) < 4.78 is 0. The molecule has 19 heavy (non-hydrogen) atoms. The molecule has 1 unspecified atom stereocenters. The van der Waals surface area contributed by atoms with E-state index in [1.807, 2.05) is 25.1 Å². The van der Waals surface area contributed by atoms with Crippen LogP contribution in [0.5, 0.6) is 0 Å². The van der Waals surface area contributed by atoms with Crippen LogP contribution in [0.4, 0.5) is 0 Å². The zero-order chi connectivity index (χ0) is 13.8. The SMILES string of the molecule is Cc1cc(Cl)ccc1CC(C(=O)O)N1CCCCC1. The van der Waals surface area contributed by atoms with Crippen LogP contribution in [-0.2, 0) is 11.2 Å². The first-order valence-electron chi connectivity index (χ1n) is 6.80. The lowest BCUT2D eigenvalue weighted by molar-refractivity contribution is -0.143. The van der Waals surface area contributed by atoms with Crippen molar-refractivity contribution < 1.29 is 9.90 Å². The van der Waals surface area contributed by atoms with Gasteiger partial charge in [-0.05, 0) is 62.5 Å². The topological polar surface area (TPSA) is 40.5 Å². The first kappa shape index (κ1) is 14.4. The molecule has 1 heterocycles. The fourth-order valence-electron chi connectivity index (χ4n) is 2.70. The molecule has 104 valence electrons. The van der Waals surface area contributed by atoms with E-state index in [0.29, 0.717) is 11.4 Å². The van der Waals surface area contributed by atoms with Crippen LogP contribution in [-0.4, -0.2) is 35.1 Å². The predicted octanol–water partition coefficient (Wildman–Crippen LogP) is 3.13. The van der Waals surface area contributed by atoms with E-state index >= 15 is 0 Å². The lowest BCUT2D eigenvalue weighted by atomic mass is 9.98. The van der Waals surface area contributed by atoms with Gasteiger partial charge < -0.3 is 5.11 Å². The minimum absolute atomic E-state index is 0.417. The molecule has 1 atom stereocenters. The summed E-state index contributed by atoms with van der Waals surface area (Å²) in [6.07, 6.45) is 3.97. The third kappa shape index (κ3) is 3.71. The Balaban J connectivity index is 2.13. The maximum Gasteiger partial charge on any atom is 0.321 e. The molecule has 3 nitrogen and oxygen atoms in total. The Bertz CT molecular complexity index is 455. The Kier molecular flexibility index (Phi) is 4.83. The first-order valence-corrected chi connectivity index (χ1v) is 7.17. The van der Waals surface area contributed by atoms with E-state index in [9.17, 15) is 9.90 Å². The quantitative estimate of drug-likeness (QED) is 0.922. The van der Waals surface area contributed by atoms with Crippen LogP contribution in [0.25, 0.3) is 0 Å². The molecular weight excluding hydrogens is 262 g/mol. The van der Waals surface area contributed by atoms with Gasteiger partial charge in [-0.3, -0.25) is 9.69 Å². The van der Waals surface area contributed by atoms with Crippen molar-refractivity contribution in [3.8, 4) is 0 Å². The van der Waals surface area contributed by atoms with Gasteiger partial charge in [-0.1, -0.05) is 24.1 Å². The van der Waals surface area contributed by atoms with E-state index in [1.165, 1.54) is 6.42 Å². The molecule has 1 fully saturated rings. The summed E-state index contributed by atoms with van der Waals surface area (Å²) >= 11 is 5.94. The van der Waals surface area contributed by atoms with Crippen molar-refractivity contribution in [2.75, 3.05) is 13.1 Å². The molecule has 1 saturated heterocycles.